The molecule has 4 N–H and O–H groups in total. The van der Waals surface area contributed by atoms with E-state index in [9.17, 15) is 24.3 Å². The number of ether oxygens (including phenoxy) is 11. The van der Waals surface area contributed by atoms with Crippen molar-refractivity contribution in [3.8, 4) is 68.2 Å². The van der Waals surface area contributed by atoms with E-state index in [1.165, 1.54) is 68.0 Å². The third-order valence-corrected chi connectivity index (χ3v) is 10.5. The number of nitrogens with two attached hydrogens (primary N) is 1. The highest BCUT2D eigenvalue weighted by Gasteiger charge is 2.34. The monoisotopic (exact) mass is 862 g/mol. The molecule has 6 rings (SSSR count). The van der Waals surface area contributed by atoms with Crippen molar-refractivity contribution in [3.63, 3.8) is 0 Å². The number of hydrogen-bond donors (Lipinski definition) is 3. The Morgan fingerprint density at radius 2 is 1.06 bits per heavy atom. The predicted molar refractivity (Wildman–Crippen MR) is 222 cm³/mol. The van der Waals surface area contributed by atoms with Crippen LogP contribution in [0.25, 0.3) is 22.3 Å². The molecule has 4 aromatic rings. The molecule has 0 aromatic heterocycles. The van der Waals surface area contributed by atoms with Crippen LogP contribution in [0.3, 0.4) is 0 Å². The van der Waals surface area contributed by atoms with Crippen LogP contribution in [-0.4, -0.2) is 100 Å². The van der Waals surface area contributed by atoms with Gasteiger partial charge < -0.3 is 68.3 Å². The number of aromatic hydroxyl groups is 1. The number of alkyl carbamates (subject to hydrolysis) is 1. The second-order valence-electron chi connectivity index (χ2n) is 13.7. The first-order valence-corrected chi connectivity index (χ1v) is 19.0. The van der Waals surface area contributed by atoms with Gasteiger partial charge in [0.2, 0.25) is 11.5 Å². The van der Waals surface area contributed by atoms with Crippen LogP contribution < -0.4 is 44.2 Å². The molecule has 2 atom stereocenters. The van der Waals surface area contributed by atoms with Gasteiger partial charge in [0.15, 0.2) is 23.0 Å². The van der Waals surface area contributed by atoms with Gasteiger partial charge in [-0.05, 0) is 95.5 Å². The molecule has 0 unspecified atom stereocenters. The molecule has 0 saturated carbocycles. The lowest BCUT2D eigenvalue weighted by molar-refractivity contribution is 0.0586. The number of rotatable bonds is 10. The number of esters is 2. The molecular formula is C44H50N2O16. The van der Waals surface area contributed by atoms with E-state index < -0.39 is 30.2 Å². The van der Waals surface area contributed by atoms with Gasteiger partial charge in [0, 0.05) is 17.2 Å². The quantitative estimate of drug-likeness (QED) is 0.0881. The van der Waals surface area contributed by atoms with Crippen LogP contribution in [-0.2, 0) is 31.8 Å². The van der Waals surface area contributed by atoms with Crippen LogP contribution in [0, 0.1) is 0 Å². The number of carbonyl (C=O) groups excluding carboxylic acids is 4. The van der Waals surface area contributed by atoms with Crippen LogP contribution in [0.1, 0.15) is 67.9 Å². The van der Waals surface area contributed by atoms with Gasteiger partial charge in [-0.25, -0.2) is 19.2 Å². The van der Waals surface area contributed by atoms with E-state index in [1.807, 2.05) is 12.1 Å². The van der Waals surface area contributed by atoms with Crippen LogP contribution in [0.5, 0.6) is 46.0 Å². The summed E-state index contributed by atoms with van der Waals surface area (Å²) in [5, 5.41) is 13.1. The van der Waals surface area contributed by atoms with Crippen LogP contribution in [0.4, 0.5) is 9.59 Å². The predicted octanol–water partition coefficient (Wildman–Crippen LogP) is 6.47. The lowest BCUT2D eigenvalue weighted by atomic mass is 9.91. The van der Waals surface area contributed by atoms with E-state index in [1.54, 1.807) is 20.3 Å². The number of nitrogens with one attached hydrogen (secondary N) is 1. The Morgan fingerprint density at radius 3 is 1.55 bits per heavy atom. The molecule has 0 spiro atoms. The molecule has 18 nitrogen and oxygen atoms in total. The third kappa shape index (κ3) is 8.86. The van der Waals surface area contributed by atoms with Crippen LogP contribution in [0.15, 0.2) is 36.4 Å². The molecule has 62 heavy (non-hydrogen) atoms. The molecule has 4 aromatic carbocycles. The van der Waals surface area contributed by atoms with Crippen molar-refractivity contribution >= 4 is 24.2 Å². The van der Waals surface area contributed by atoms with E-state index in [4.69, 9.17) is 53.1 Å². The van der Waals surface area contributed by atoms with Gasteiger partial charge in [-0.2, -0.15) is 0 Å². The van der Waals surface area contributed by atoms with Gasteiger partial charge in [-0.1, -0.05) is 0 Å². The minimum atomic E-state index is -1.02. The Kier molecular flexibility index (Phi) is 14.8. The third-order valence-electron chi connectivity index (χ3n) is 10.5. The summed E-state index contributed by atoms with van der Waals surface area (Å²) in [5.41, 5.74) is 12.1. The fourth-order valence-corrected chi connectivity index (χ4v) is 7.66. The zero-order valence-electron chi connectivity index (χ0n) is 36.1. The number of amides is 1. The molecular weight excluding hydrogens is 812 g/mol. The van der Waals surface area contributed by atoms with Crippen LogP contribution in [0.2, 0.25) is 0 Å². The standard InChI is InChI=1S/C24H27NO10.C20H23NO6/c1-29-18-9-12-7-8-16(25-23(27)33-5)13-11-17(35-24(28)34-6)15(22(26)32-4)10-14(13)19(12)21(31-3)20(18)30-2;1-24-16-7-10-5-6-14(21)11-9-15(22)13(20(23)27-4)8-12(11)17(10)19(26-3)18(16)25-2/h9-11,16H,7-8H2,1-6H3,(H,25,27);7-9,14,22H,5-6,21H2,1-4H3/t16-;14-/m00/s1. The van der Waals surface area contributed by atoms with E-state index in [0.29, 0.717) is 82.4 Å². The maximum Gasteiger partial charge on any atom is 0.513 e. The zero-order chi connectivity index (χ0) is 45.4. The number of benzene rings is 4. The van der Waals surface area contributed by atoms with Crippen molar-refractivity contribution in [1.29, 1.82) is 0 Å². The molecule has 332 valence electrons. The normalized spacial score (nSPS) is 14.4. The van der Waals surface area contributed by atoms with E-state index >= 15 is 0 Å². The SMILES string of the molecule is COC(=O)N[C@H]1CCc2cc(OC)c(OC)c(OC)c2-c2cc(C(=O)OC)c(OC(=O)OC)cc21.COC(=O)c1cc2c(cc1O)[C@@H](N)CCc1cc(OC)c(OC)c(OC)c1-2. The molecule has 0 radical (unpaired) electrons. The summed E-state index contributed by atoms with van der Waals surface area (Å²) in [6.45, 7) is 0. The number of carbonyl (C=O) groups is 4. The van der Waals surface area contributed by atoms with Gasteiger partial charge in [0.25, 0.3) is 0 Å². The molecule has 0 heterocycles. The molecule has 18 heteroatoms. The largest absolute Gasteiger partial charge is 0.513 e. The summed E-state index contributed by atoms with van der Waals surface area (Å²) in [6.07, 6.45) is 0.609. The molecule has 0 fully saturated rings. The Labute approximate surface area is 357 Å². The van der Waals surface area contributed by atoms with Crippen molar-refractivity contribution in [3.05, 3.63) is 69.8 Å². The molecule has 2 aliphatic rings. The lowest BCUT2D eigenvalue weighted by Crippen LogP contribution is -2.28. The molecule has 0 saturated heterocycles. The Bertz CT molecular complexity index is 2360. The van der Waals surface area contributed by atoms with E-state index in [2.05, 4.69) is 10.1 Å². The highest BCUT2D eigenvalue weighted by Crippen LogP contribution is 2.53. The lowest BCUT2D eigenvalue weighted by Gasteiger charge is -2.22. The van der Waals surface area contributed by atoms with E-state index in [0.717, 1.165) is 29.4 Å². The summed E-state index contributed by atoms with van der Waals surface area (Å²) < 4.78 is 57.7. The second kappa shape index (κ2) is 20.0. The van der Waals surface area contributed by atoms with Gasteiger partial charge in [-0.15, -0.1) is 0 Å². The highest BCUT2D eigenvalue weighted by atomic mass is 16.7. The Hall–Kier alpha value is -7.08. The smallest absolute Gasteiger partial charge is 0.507 e. The fraction of sp³-hybridized carbons (Fsp3) is 0.364. The molecule has 0 aliphatic heterocycles. The van der Waals surface area contributed by atoms with Crippen LogP contribution >= 0.6 is 0 Å². The maximum atomic E-state index is 12.7. The summed E-state index contributed by atoms with van der Waals surface area (Å²) in [5.74, 6) is 1.05. The maximum absolute atomic E-state index is 12.7. The van der Waals surface area contributed by atoms with E-state index in [-0.39, 0.29) is 28.7 Å². The second-order valence-corrected chi connectivity index (χ2v) is 13.7. The summed E-state index contributed by atoms with van der Waals surface area (Å²) in [6, 6.07) is 8.95. The van der Waals surface area contributed by atoms with Gasteiger partial charge in [0.05, 0.1) is 77.1 Å². The number of aryl methyl sites for hydroxylation is 2. The molecule has 1 amide bonds. The minimum Gasteiger partial charge on any atom is -0.507 e. The van der Waals surface area contributed by atoms with Crippen molar-refractivity contribution in [2.45, 2.75) is 37.8 Å². The topological polar surface area (TPSA) is 228 Å². The fourth-order valence-electron chi connectivity index (χ4n) is 7.66. The number of methoxy groups -OCH3 is 10. The molecule has 0 bridgehead atoms. The number of phenolic OH excluding ortho intramolecular Hbond substituents is 1. The summed E-state index contributed by atoms with van der Waals surface area (Å²) in [7, 11) is 14.0. The average Bonchev–Trinajstić information content (AvgIpc) is 3.52. The zero-order valence-corrected chi connectivity index (χ0v) is 36.1. The van der Waals surface area contributed by atoms with Gasteiger partial charge in [-0.3, -0.25) is 0 Å². The summed E-state index contributed by atoms with van der Waals surface area (Å²) >= 11 is 0. The number of hydrogen-bond acceptors (Lipinski definition) is 17. The highest BCUT2D eigenvalue weighted by molar-refractivity contribution is 5.97. The van der Waals surface area contributed by atoms with Crippen molar-refractivity contribution < 1.29 is 76.4 Å². The van der Waals surface area contributed by atoms with Gasteiger partial charge >= 0.3 is 24.2 Å². The minimum absolute atomic E-state index is 0.0295. The summed E-state index contributed by atoms with van der Waals surface area (Å²) in [4.78, 5) is 48.8. The van der Waals surface area contributed by atoms with Gasteiger partial charge in [0.1, 0.15) is 22.6 Å². The van der Waals surface area contributed by atoms with Crippen molar-refractivity contribution in [2.24, 2.45) is 5.73 Å². The first-order chi connectivity index (χ1) is 29.8. The van der Waals surface area contributed by atoms with Crippen molar-refractivity contribution in [2.75, 3.05) is 71.1 Å². The Morgan fingerprint density at radius 1 is 0.565 bits per heavy atom. The number of phenols is 1. The molecule has 2 aliphatic carbocycles. The number of fused-ring (bicyclic) bond motifs is 6. The first-order valence-electron chi connectivity index (χ1n) is 19.0. The van der Waals surface area contributed by atoms with Crippen molar-refractivity contribution in [1.82, 2.24) is 5.32 Å². The average molecular weight is 863 g/mol. The first kappa shape index (κ1) is 46.0. The Balaban J connectivity index is 0.000000242.